The van der Waals surface area contributed by atoms with Gasteiger partial charge in [-0.15, -0.1) is 11.3 Å². The Morgan fingerprint density at radius 2 is 1.88 bits per heavy atom. The molecule has 3 aromatic rings. The number of hydrogen-bond donors (Lipinski definition) is 1. The van der Waals surface area contributed by atoms with Gasteiger partial charge in [0.05, 0.1) is 16.4 Å². The zero-order valence-corrected chi connectivity index (χ0v) is 15.2. The third kappa shape index (κ3) is 4.51. The lowest BCUT2D eigenvalue weighted by Gasteiger charge is -2.05. The van der Waals surface area contributed by atoms with Gasteiger partial charge in [-0.05, 0) is 11.6 Å². The van der Waals surface area contributed by atoms with Gasteiger partial charge in [0, 0.05) is 29.6 Å². The van der Waals surface area contributed by atoms with Crippen molar-refractivity contribution in [1.29, 1.82) is 0 Å². The zero-order chi connectivity index (χ0) is 18.6. The van der Waals surface area contributed by atoms with Crippen LogP contribution in [-0.4, -0.2) is 18.3 Å². The van der Waals surface area contributed by atoms with Crippen molar-refractivity contribution in [3.8, 4) is 0 Å². The van der Waals surface area contributed by atoms with Crippen molar-refractivity contribution in [3.05, 3.63) is 86.4 Å². The first-order valence-corrected chi connectivity index (χ1v) is 9.95. The fraction of sp³-hybridized carbons (Fsp3) is 0.118. The van der Waals surface area contributed by atoms with E-state index in [9.17, 15) is 18.5 Å². The normalized spacial score (nSPS) is 11.4. The summed E-state index contributed by atoms with van der Waals surface area (Å²) >= 11 is 1.43. The first-order valence-electron chi connectivity index (χ1n) is 7.66. The van der Waals surface area contributed by atoms with Gasteiger partial charge < -0.3 is 0 Å². The van der Waals surface area contributed by atoms with E-state index in [-0.39, 0.29) is 17.1 Å². The van der Waals surface area contributed by atoms with Gasteiger partial charge in [0.25, 0.3) is 5.69 Å². The summed E-state index contributed by atoms with van der Waals surface area (Å²) in [5, 5.41) is 11.4. The summed E-state index contributed by atoms with van der Waals surface area (Å²) in [6.07, 6.45) is 2.46. The molecule has 0 unspecified atom stereocenters. The summed E-state index contributed by atoms with van der Waals surface area (Å²) in [6, 6.07) is 14.8. The summed E-state index contributed by atoms with van der Waals surface area (Å²) in [7, 11) is -3.85. The average molecular weight is 389 g/mol. The van der Waals surface area contributed by atoms with Crippen molar-refractivity contribution < 1.29 is 13.3 Å². The number of aromatic nitrogens is 1. The van der Waals surface area contributed by atoms with Crippen LogP contribution in [0.5, 0.6) is 0 Å². The van der Waals surface area contributed by atoms with E-state index in [1.54, 1.807) is 6.20 Å². The molecule has 0 atom stereocenters. The summed E-state index contributed by atoms with van der Waals surface area (Å²) in [5.74, 6) is 0. The minimum absolute atomic E-state index is 0.0322. The molecule has 0 amide bonds. The topological polar surface area (TPSA) is 102 Å². The molecular weight excluding hydrogens is 374 g/mol. The van der Waals surface area contributed by atoms with Crippen molar-refractivity contribution in [2.24, 2.45) is 0 Å². The van der Waals surface area contributed by atoms with Gasteiger partial charge in [-0.3, -0.25) is 10.1 Å². The highest BCUT2D eigenvalue weighted by atomic mass is 32.2. The number of nitrogens with one attached hydrogen (secondary N) is 1. The Labute approximate surface area is 154 Å². The lowest BCUT2D eigenvalue weighted by atomic mass is 10.1. The van der Waals surface area contributed by atoms with Gasteiger partial charge in [0.15, 0.2) is 0 Å². The fourth-order valence-electron chi connectivity index (χ4n) is 2.31. The van der Waals surface area contributed by atoms with E-state index in [1.807, 2.05) is 30.3 Å². The van der Waals surface area contributed by atoms with Crippen molar-refractivity contribution in [1.82, 2.24) is 9.71 Å². The number of nitrogens with zero attached hydrogens (tertiary/aromatic N) is 2. The predicted octanol–water partition coefficient (Wildman–Crippen LogP) is 3.12. The number of thiazole rings is 1. The first-order chi connectivity index (χ1) is 12.4. The number of nitro benzene ring substituents is 1. The molecule has 0 spiro atoms. The number of hydrogen-bond acceptors (Lipinski definition) is 6. The molecule has 0 saturated heterocycles. The molecule has 1 heterocycles. The molecule has 0 aliphatic heterocycles. The zero-order valence-electron chi connectivity index (χ0n) is 13.5. The smallest absolute Gasteiger partial charge is 0.258 e. The maximum Gasteiger partial charge on any atom is 0.270 e. The van der Waals surface area contributed by atoms with Crippen LogP contribution in [0.4, 0.5) is 5.69 Å². The molecule has 0 saturated carbocycles. The van der Waals surface area contributed by atoms with Gasteiger partial charge >= 0.3 is 0 Å². The van der Waals surface area contributed by atoms with Gasteiger partial charge in [-0.25, -0.2) is 18.1 Å². The summed E-state index contributed by atoms with van der Waals surface area (Å²) < 4.78 is 27.1. The van der Waals surface area contributed by atoms with Crippen LogP contribution in [0.15, 0.2) is 65.7 Å². The van der Waals surface area contributed by atoms with Crippen LogP contribution in [0, 0.1) is 10.1 Å². The van der Waals surface area contributed by atoms with E-state index >= 15 is 0 Å². The van der Waals surface area contributed by atoms with Crippen LogP contribution in [0.1, 0.15) is 15.4 Å². The van der Waals surface area contributed by atoms with E-state index in [0.29, 0.717) is 5.01 Å². The molecule has 0 aliphatic carbocycles. The number of non-ortho nitro benzene ring substituents is 1. The van der Waals surface area contributed by atoms with Crippen molar-refractivity contribution in [2.75, 3.05) is 0 Å². The second-order valence-electron chi connectivity index (χ2n) is 5.46. The molecule has 0 fully saturated rings. The van der Waals surface area contributed by atoms with Crippen LogP contribution in [0.2, 0.25) is 0 Å². The molecule has 1 N–H and O–H groups in total. The number of sulfonamides is 1. The van der Waals surface area contributed by atoms with Crippen LogP contribution in [0.3, 0.4) is 0 Å². The minimum Gasteiger partial charge on any atom is -0.258 e. The quantitative estimate of drug-likeness (QED) is 0.494. The highest BCUT2D eigenvalue weighted by molar-refractivity contribution is 7.89. The number of benzene rings is 2. The van der Waals surface area contributed by atoms with Crippen LogP contribution >= 0.6 is 11.3 Å². The average Bonchev–Trinajstić information content (AvgIpc) is 3.08. The Hall–Kier alpha value is -2.62. The van der Waals surface area contributed by atoms with Gasteiger partial charge in [0.2, 0.25) is 10.0 Å². The van der Waals surface area contributed by atoms with E-state index in [1.165, 1.54) is 29.5 Å². The highest BCUT2D eigenvalue weighted by Crippen LogP contribution is 2.20. The number of rotatable bonds is 7. The Balaban J connectivity index is 1.67. The van der Waals surface area contributed by atoms with Crippen molar-refractivity contribution in [3.63, 3.8) is 0 Å². The molecule has 0 radical (unpaired) electrons. The van der Waals surface area contributed by atoms with Crippen LogP contribution in [-0.2, 0) is 23.0 Å². The third-order valence-corrected chi connectivity index (χ3v) is 5.97. The fourth-order valence-corrected chi connectivity index (χ4v) is 4.33. The van der Waals surface area contributed by atoms with E-state index < -0.39 is 14.9 Å². The third-order valence-electron chi connectivity index (χ3n) is 3.57. The maximum absolute atomic E-state index is 12.3. The lowest BCUT2D eigenvalue weighted by molar-refractivity contribution is -0.385. The Kier molecular flexibility index (Phi) is 5.40. The Bertz CT molecular complexity index is 1020. The Morgan fingerprint density at radius 3 is 2.62 bits per heavy atom. The van der Waals surface area contributed by atoms with Crippen molar-refractivity contribution in [2.45, 2.75) is 17.9 Å². The van der Waals surface area contributed by atoms with E-state index in [0.717, 1.165) is 22.9 Å². The molecule has 3 rings (SSSR count). The molecule has 134 valence electrons. The summed E-state index contributed by atoms with van der Waals surface area (Å²) in [6.45, 7) is 0.0322. The SMILES string of the molecule is O=[N+]([O-])c1cccc(S(=O)(=O)NCc2ncc(Cc3ccccc3)s2)c1. The van der Waals surface area contributed by atoms with E-state index in [4.69, 9.17) is 0 Å². The lowest BCUT2D eigenvalue weighted by Crippen LogP contribution is -2.23. The monoisotopic (exact) mass is 389 g/mol. The molecule has 2 aromatic carbocycles. The predicted molar refractivity (Wildman–Crippen MR) is 98.5 cm³/mol. The van der Waals surface area contributed by atoms with Crippen molar-refractivity contribution >= 4 is 27.0 Å². The Morgan fingerprint density at radius 1 is 1.12 bits per heavy atom. The standard InChI is InChI=1S/C17H15N3O4S2/c21-20(22)14-7-4-8-16(10-14)26(23,24)19-12-17-18-11-15(25-17)9-13-5-2-1-3-6-13/h1-8,10-11,19H,9,12H2. The van der Waals surface area contributed by atoms with Gasteiger partial charge in [0.1, 0.15) is 5.01 Å². The van der Waals surface area contributed by atoms with Crippen LogP contribution < -0.4 is 4.72 Å². The highest BCUT2D eigenvalue weighted by Gasteiger charge is 2.18. The first kappa shape index (κ1) is 18.2. The molecule has 0 bridgehead atoms. The minimum atomic E-state index is -3.85. The maximum atomic E-state index is 12.3. The van der Waals surface area contributed by atoms with Crippen LogP contribution in [0.25, 0.3) is 0 Å². The van der Waals surface area contributed by atoms with Gasteiger partial charge in [-0.2, -0.15) is 0 Å². The molecule has 7 nitrogen and oxygen atoms in total. The molecule has 26 heavy (non-hydrogen) atoms. The van der Waals surface area contributed by atoms with Gasteiger partial charge in [-0.1, -0.05) is 36.4 Å². The molecule has 1 aromatic heterocycles. The summed E-state index contributed by atoms with van der Waals surface area (Å²) in [4.78, 5) is 15.3. The molecular formula is C17H15N3O4S2. The second-order valence-corrected chi connectivity index (χ2v) is 8.43. The van der Waals surface area contributed by atoms with E-state index in [2.05, 4.69) is 9.71 Å². The summed E-state index contributed by atoms with van der Waals surface area (Å²) in [5.41, 5.74) is 0.882. The largest absolute Gasteiger partial charge is 0.270 e. The second kappa shape index (κ2) is 7.73. The molecule has 9 heteroatoms. The molecule has 0 aliphatic rings. The number of nitro groups is 1.